The van der Waals surface area contributed by atoms with Crippen molar-refractivity contribution in [2.45, 2.75) is 331 Å². The smallest absolute Gasteiger partial charge is 0.305 e. The molecule has 3 unspecified atom stereocenters. The Labute approximate surface area is 454 Å². The van der Waals surface area contributed by atoms with Crippen LogP contribution >= 0.6 is 0 Å². The second-order valence-corrected chi connectivity index (χ2v) is 22.3. The lowest BCUT2D eigenvalue weighted by molar-refractivity contribution is -0.146. The van der Waals surface area contributed by atoms with Gasteiger partial charge in [0, 0.05) is 32.4 Å². The van der Waals surface area contributed by atoms with Crippen LogP contribution in [0.1, 0.15) is 325 Å². The van der Waals surface area contributed by atoms with Crippen LogP contribution in [0.5, 0.6) is 0 Å². The van der Waals surface area contributed by atoms with E-state index in [0.29, 0.717) is 76.7 Å². The second-order valence-electron chi connectivity index (χ2n) is 22.3. The number of nitrogens with zero attached hydrogens (tertiary/aromatic N) is 2. The van der Waals surface area contributed by atoms with Gasteiger partial charge in [-0.15, -0.1) is 0 Å². The minimum atomic E-state index is -0.513. The van der Waals surface area contributed by atoms with Crippen LogP contribution in [0.4, 0.5) is 0 Å². The van der Waals surface area contributed by atoms with Crippen molar-refractivity contribution >= 4 is 23.8 Å². The first-order valence-corrected chi connectivity index (χ1v) is 32.3. The third-order valence-electron chi connectivity index (χ3n) is 15.6. The summed E-state index contributed by atoms with van der Waals surface area (Å²) >= 11 is 0. The van der Waals surface area contributed by atoms with E-state index in [1.54, 1.807) is 0 Å². The molecule has 0 aromatic heterocycles. The number of unbranched alkanes of at least 4 members (excludes halogenated alkanes) is 27. The summed E-state index contributed by atoms with van der Waals surface area (Å²) in [7, 11) is 0. The van der Waals surface area contributed by atoms with Crippen molar-refractivity contribution in [2.24, 2.45) is 11.8 Å². The van der Waals surface area contributed by atoms with Gasteiger partial charge in [-0.3, -0.25) is 19.2 Å². The predicted molar refractivity (Wildman–Crippen MR) is 312 cm³/mol. The van der Waals surface area contributed by atoms with Gasteiger partial charge in [0.05, 0.1) is 13.2 Å². The molecule has 1 N–H and O–H groups in total. The standard InChI is InChI=1S/C64H125N3O6/c1-8-15-20-25-28-33-43-53-65-64(71)60(49-39-31-32-41-51-62(69)72-56-58(45-35-23-18-11-4)47-37-29-26-21-16-9-2)67(55-44-54-66(13-6)14-7)61(68)50-40-34-42-52-63(70)73-57-59(46-36-24-19-12-5)48-38-30-27-22-17-10-3/h58-60H,8-57H2,1-7H3,(H,65,71). The van der Waals surface area contributed by atoms with E-state index in [4.69, 9.17) is 9.47 Å². The highest BCUT2D eigenvalue weighted by atomic mass is 16.5. The second kappa shape index (κ2) is 54.6. The molecule has 0 bridgehead atoms. The number of hydrogen-bond donors (Lipinski definition) is 1. The fourth-order valence-corrected chi connectivity index (χ4v) is 10.5. The number of rotatable bonds is 57. The number of carbonyl (C=O) groups is 4. The summed E-state index contributed by atoms with van der Waals surface area (Å²) in [6, 6.07) is -0.513. The van der Waals surface area contributed by atoms with E-state index in [0.717, 1.165) is 96.7 Å². The molecule has 0 heterocycles. The van der Waals surface area contributed by atoms with Crippen molar-refractivity contribution in [1.29, 1.82) is 0 Å². The summed E-state index contributed by atoms with van der Waals surface area (Å²) in [5, 5.41) is 3.27. The number of hydrogen-bond acceptors (Lipinski definition) is 7. The topological polar surface area (TPSA) is 105 Å². The Morgan fingerprint density at radius 3 is 1.14 bits per heavy atom. The summed E-state index contributed by atoms with van der Waals surface area (Å²) in [4.78, 5) is 58.6. The normalized spacial score (nSPS) is 12.8. The van der Waals surface area contributed by atoms with Gasteiger partial charge in [-0.25, -0.2) is 0 Å². The maximum absolute atomic E-state index is 14.3. The third kappa shape index (κ3) is 44.7. The van der Waals surface area contributed by atoms with Crippen LogP contribution in [0.25, 0.3) is 0 Å². The monoisotopic (exact) mass is 1030 g/mol. The molecule has 2 amide bonds. The van der Waals surface area contributed by atoms with E-state index in [1.807, 2.05) is 4.90 Å². The van der Waals surface area contributed by atoms with Crippen molar-refractivity contribution in [2.75, 3.05) is 45.9 Å². The molecule has 0 aliphatic heterocycles. The van der Waals surface area contributed by atoms with Gasteiger partial charge in [0.2, 0.25) is 11.8 Å². The van der Waals surface area contributed by atoms with Gasteiger partial charge in [-0.05, 0) is 95.7 Å². The molecule has 432 valence electrons. The van der Waals surface area contributed by atoms with Crippen LogP contribution in [0.15, 0.2) is 0 Å². The summed E-state index contributed by atoms with van der Waals surface area (Å²) < 4.78 is 11.8. The summed E-state index contributed by atoms with van der Waals surface area (Å²) in [6.07, 6.45) is 46.6. The number of carbonyl (C=O) groups excluding carboxylic acids is 4. The van der Waals surface area contributed by atoms with Crippen LogP contribution in [-0.2, 0) is 28.7 Å². The molecule has 0 radical (unpaired) electrons. The molecule has 9 nitrogen and oxygen atoms in total. The summed E-state index contributed by atoms with van der Waals surface area (Å²) in [5.74, 6) is 0.747. The zero-order valence-electron chi connectivity index (χ0n) is 49.9. The van der Waals surface area contributed by atoms with Crippen LogP contribution in [-0.4, -0.2) is 85.5 Å². The first-order valence-electron chi connectivity index (χ1n) is 32.3. The molecule has 0 rings (SSSR count). The van der Waals surface area contributed by atoms with Crippen molar-refractivity contribution in [3.05, 3.63) is 0 Å². The van der Waals surface area contributed by atoms with E-state index < -0.39 is 6.04 Å². The van der Waals surface area contributed by atoms with Gasteiger partial charge in [-0.2, -0.15) is 0 Å². The van der Waals surface area contributed by atoms with Crippen LogP contribution < -0.4 is 5.32 Å². The Bertz CT molecular complexity index is 1230. The highest BCUT2D eigenvalue weighted by Gasteiger charge is 2.29. The zero-order chi connectivity index (χ0) is 53.7. The van der Waals surface area contributed by atoms with E-state index in [2.05, 4.69) is 58.7 Å². The zero-order valence-corrected chi connectivity index (χ0v) is 49.9. The lowest BCUT2D eigenvalue weighted by atomic mass is 9.95. The van der Waals surface area contributed by atoms with E-state index in [1.165, 1.54) is 161 Å². The molecule has 9 heteroatoms. The first-order chi connectivity index (χ1) is 35.7. The van der Waals surface area contributed by atoms with Gasteiger partial charge < -0.3 is 24.6 Å². The summed E-state index contributed by atoms with van der Waals surface area (Å²) in [5.41, 5.74) is 0. The molecule has 0 saturated heterocycles. The van der Waals surface area contributed by atoms with Gasteiger partial charge >= 0.3 is 11.9 Å². The van der Waals surface area contributed by atoms with Crippen molar-refractivity contribution < 1.29 is 28.7 Å². The number of ether oxygens (including phenoxy) is 2. The van der Waals surface area contributed by atoms with Gasteiger partial charge in [0.15, 0.2) is 0 Å². The molecule has 0 aromatic carbocycles. The molecule has 0 aliphatic rings. The average molecular weight is 1030 g/mol. The Morgan fingerprint density at radius 2 is 0.712 bits per heavy atom. The lowest BCUT2D eigenvalue weighted by Crippen LogP contribution is -2.50. The Hall–Kier alpha value is -2.16. The van der Waals surface area contributed by atoms with Crippen LogP contribution in [0, 0.1) is 11.8 Å². The fraction of sp³-hybridized carbons (Fsp3) is 0.938. The van der Waals surface area contributed by atoms with Gasteiger partial charge in [0.1, 0.15) is 6.04 Å². The molecule has 0 fully saturated rings. The largest absolute Gasteiger partial charge is 0.465 e. The lowest BCUT2D eigenvalue weighted by Gasteiger charge is -2.32. The van der Waals surface area contributed by atoms with Gasteiger partial charge in [-0.1, -0.05) is 241 Å². The molecule has 0 saturated carbocycles. The fourth-order valence-electron chi connectivity index (χ4n) is 10.5. The number of esters is 2. The molecule has 0 aliphatic carbocycles. The molecule has 3 atom stereocenters. The molecular formula is C64H125N3O6. The van der Waals surface area contributed by atoms with E-state index in [-0.39, 0.29) is 23.8 Å². The summed E-state index contributed by atoms with van der Waals surface area (Å²) in [6.45, 7) is 20.7. The Balaban J connectivity index is 5.52. The minimum Gasteiger partial charge on any atom is -0.465 e. The van der Waals surface area contributed by atoms with Crippen molar-refractivity contribution in [3.63, 3.8) is 0 Å². The predicted octanol–water partition coefficient (Wildman–Crippen LogP) is 17.8. The highest BCUT2D eigenvalue weighted by Crippen LogP contribution is 2.23. The van der Waals surface area contributed by atoms with Crippen LogP contribution in [0.2, 0.25) is 0 Å². The van der Waals surface area contributed by atoms with E-state index >= 15 is 0 Å². The molecule has 73 heavy (non-hydrogen) atoms. The van der Waals surface area contributed by atoms with Crippen molar-refractivity contribution in [1.82, 2.24) is 15.1 Å². The van der Waals surface area contributed by atoms with Gasteiger partial charge in [0.25, 0.3) is 0 Å². The minimum absolute atomic E-state index is 0.0288. The maximum Gasteiger partial charge on any atom is 0.305 e. The van der Waals surface area contributed by atoms with Crippen LogP contribution in [0.3, 0.4) is 0 Å². The maximum atomic E-state index is 14.3. The quantitative estimate of drug-likeness (QED) is 0.0478. The number of nitrogens with one attached hydrogen (secondary N) is 1. The first kappa shape index (κ1) is 70.8. The number of amides is 2. The molecule has 0 spiro atoms. The van der Waals surface area contributed by atoms with E-state index in [9.17, 15) is 19.2 Å². The molecule has 0 aromatic rings. The Morgan fingerprint density at radius 1 is 0.370 bits per heavy atom. The SMILES string of the molecule is CCCCCCCCCNC(=O)C(CCCCCCC(=O)OCC(CCCCCC)CCCCCCCC)N(CCCN(CC)CC)C(=O)CCCCCC(=O)OCC(CCCCCC)CCCCCCCC. The van der Waals surface area contributed by atoms with Crippen molar-refractivity contribution in [3.8, 4) is 0 Å². The average Bonchev–Trinajstić information content (AvgIpc) is 3.39. The Kier molecular flexibility index (Phi) is 53.0. The molecular weight excluding hydrogens is 907 g/mol. The highest BCUT2D eigenvalue weighted by molar-refractivity contribution is 5.87. The third-order valence-corrected chi connectivity index (χ3v) is 15.6.